The van der Waals surface area contributed by atoms with Crippen LogP contribution >= 0.6 is 0 Å². The summed E-state index contributed by atoms with van der Waals surface area (Å²) < 4.78 is 0. The normalized spacial score (nSPS) is 9.25. The Morgan fingerprint density at radius 2 is 2.38 bits per heavy atom. The summed E-state index contributed by atoms with van der Waals surface area (Å²) in [7, 11) is 0. The molecule has 0 aliphatic rings. The first-order valence-electron chi connectivity index (χ1n) is 2.07. The van der Waals surface area contributed by atoms with Gasteiger partial charge in [-0.2, -0.15) is 5.26 Å². The first kappa shape index (κ1) is 10.6. The van der Waals surface area contributed by atoms with Gasteiger partial charge in [0.1, 0.15) is 0 Å². The van der Waals surface area contributed by atoms with Crippen LogP contribution in [0.1, 0.15) is 13.3 Å². The molecule has 0 spiro atoms. The Balaban J connectivity index is 0. The van der Waals surface area contributed by atoms with Gasteiger partial charge in [-0.3, -0.25) is 0 Å². The summed E-state index contributed by atoms with van der Waals surface area (Å²) in [6.45, 7) is 1.72. The van der Waals surface area contributed by atoms with Crippen molar-refractivity contribution in [3.05, 3.63) is 11.8 Å². The minimum absolute atomic E-state index is 0. The fourth-order valence-corrected chi connectivity index (χ4v) is 0.174. The first-order valence-corrected chi connectivity index (χ1v) is 2.07. The molecular weight excluding hydrogens is 97.0 g/mol. The zero-order valence-corrected chi connectivity index (χ0v) is 5.14. The molecule has 0 saturated carbocycles. The molecule has 3 heteroatoms. The molecule has 0 fully saturated rings. The number of hydrogen-bond acceptors (Lipinski definition) is 2. The van der Waals surface area contributed by atoms with E-state index in [1.165, 1.54) is 0 Å². The van der Waals surface area contributed by atoms with Gasteiger partial charge in [0, 0.05) is 6.08 Å². The van der Waals surface area contributed by atoms with E-state index in [9.17, 15) is 5.11 Å². The summed E-state index contributed by atoms with van der Waals surface area (Å²) in [6.07, 6.45) is 1.44. The van der Waals surface area contributed by atoms with Gasteiger partial charge >= 0.3 is 18.9 Å². The summed E-state index contributed by atoms with van der Waals surface area (Å²) in [6, 6.07) is 1.64. The molecule has 0 N–H and O–H groups in total. The maximum Gasteiger partial charge on any atom is 1.00 e. The molecule has 0 amide bonds. The second-order valence-electron chi connectivity index (χ2n) is 1.09. The van der Waals surface area contributed by atoms with Crippen LogP contribution in [-0.2, 0) is 0 Å². The van der Waals surface area contributed by atoms with Gasteiger partial charge in [-0.05, 0) is 6.42 Å². The average Bonchev–Trinajstić information content (AvgIpc) is 1.68. The number of nitriles is 1. The molecule has 0 rings (SSSR count). The van der Waals surface area contributed by atoms with Crippen LogP contribution in [0.3, 0.4) is 0 Å². The maximum atomic E-state index is 10.1. The average molecular weight is 103 g/mol. The van der Waals surface area contributed by atoms with Gasteiger partial charge in [0.15, 0.2) is 0 Å². The van der Waals surface area contributed by atoms with Crippen LogP contribution in [0.25, 0.3) is 0 Å². The van der Waals surface area contributed by atoms with Crippen molar-refractivity contribution in [2.45, 2.75) is 13.3 Å². The Labute approximate surface area is 61.0 Å². The van der Waals surface area contributed by atoms with Crippen molar-refractivity contribution in [3.8, 4) is 6.07 Å². The standard InChI is InChI=1S/C5H7NO.Li/c1-2-5(7)3-4-6;/h3,7H,2H2,1H3;/q;+1/p-1/b5-3+;. The summed E-state index contributed by atoms with van der Waals surface area (Å²) >= 11 is 0. The molecule has 8 heavy (non-hydrogen) atoms. The molecule has 0 atom stereocenters. The third-order valence-electron chi connectivity index (χ3n) is 0.574. The predicted molar refractivity (Wildman–Crippen MR) is 24.0 cm³/mol. The molecule has 2 nitrogen and oxygen atoms in total. The van der Waals surface area contributed by atoms with Crippen LogP contribution in [-0.4, -0.2) is 0 Å². The van der Waals surface area contributed by atoms with Crippen molar-refractivity contribution in [2.75, 3.05) is 0 Å². The third-order valence-corrected chi connectivity index (χ3v) is 0.574. The Bertz CT molecular complexity index is 114. The smallest absolute Gasteiger partial charge is 0.875 e. The molecule has 38 valence electrons. The number of nitrogens with zero attached hydrogens (tertiary/aromatic N) is 1. The molecule has 0 heterocycles. The molecule has 0 unspecified atom stereocenters. The molecule has 0 bridgehead atoms. The third kappa shape index (κ3) is 5.63. The zero-order valence-electron chi connectivity index (χ0n) is 5.14. The molecule has 0 aliphatic carbocycles. The van der Waals surface area contributed by atoms with Gasteiger partial charge < -0.3 is 5.11 Å². The Hall–Kier alpha value is -0.373. The van der Waals surface area contributed by atoms with E-state index in [-0.39, 0.29) is 24.6 Å². The topological polar surface area (TPSA) is 46.8 Å². The van der Waals surface area contributed by atoms with E-state index in [1.54, 1.807) is 13.0 Å². The molecule has 0 aromatic carbocycles. The Morgan fingerprint density at radius 1 is 1.88 bits per heavy atom. The largest absolute Gasteiger partial charge is 1.00 e. The van der Waals surface area contributed by atoms with Crippen LogP contribution in [0.2, 0.25) is 0 Å². The van der Waals surface area contributed by atoms with Gasteiger partial charge in [0.25, 0.3) is 0 Å². The molecule has 0 aromatic rings. The van der Waals surface area contributed by atoms with Gasteiger partial charge in [-0.15, -0.1) is 5.76 Å². The molecule has 0 aromatic heterocycles. The molecule has 0 aliphatic heterocycles. The summed E-state index contributed by atoms with van der Waals surface area (Å²) in [5, 5.41) is 18.0. The van der Waals surface area contributed by atoms with Crippen LogP contribution in [0, 0.1) is 11.3 Å². The molecular formula is C5H6LiNO. The van der Waals surface area contributed by atoms with Crippen LogP contribution in [0.5, 0.6) is 0 Å². The Kier molecular flexibility index (Phi) is 8.76. The van der Waals surface area contributed by atoms with E-state index < -0.39 is 0 Å². The van der Waals surface area contributed by atoms with E-state index in [0.717, 1.165) is 6.08 Å². The summed E-state index contributed by atoms with van der Waals surface area (Å²) in [5.74, 6) is -0.109. The van der Waals surface area contributed by atoms with E-state index in [1.807, 2.05) is 0 Å². The van der Waals surface area contributed by atoms with Crippen LogP contribution in [0.4, 0.5) is 0 Å². The van der Waals surface area contributed by atoms with Gasteiger partial charge in [-0.25, -0.2) is 0 Å². The van der Waals surface area contributed by atoms with Crippen molar-refractivity contribution < 1.29 is 24.0 Å². The molecule has 0 saturated heterocycles. The second kappa shape index (κ2) is 6.63. The summed E-state index contributed by atoms with van der Waals surface area (Å²) in [4.78, 5) is 0. The minimum Gasteiger partial charge on any atom is -0.875 e. The minimum atomic E-state index is -0.109. The van der Waals surface area contributed by atoms with Crippen LogP contribution in [0.15, 0.2) is 11.8 Å². The van der Waals surface area contributed by atoms with Gasteiger partial charge in [0.05, 0.1) is 6.07 Å². The SMILES string of the molecule is CC/C([O-])=C\C#N.[Li+]. The fraction of sp³-hybridized carbons (Fsp3) is 0.400. The van der Waals surface area contributed by atoms with Gasteiger partial charge in [0.2, 0.25) is 0 Å². The second-order valence-corrected chi connectivity index (χ2v) is 1.09. The van der Waals surface area contributed by atoms with Gasteiger partial charge in [-0.1, -0.05) is 6.92 Å². The van der Waals surface area contributed by atoms with E-state index >= 15 is 0 Å². The predicted octanol–water partition coefficient (Wildman–Crippen LogP) is -2.83. The number of hydrogen-bond donors (Lipinski definition) is 0. The maximum absolute atomic E-state index is 10.1. The van der Waals surface area contributed by atoms with E-state index in [2.05, 4.69) is 0 Å². The van der Waals surface area contributed by atoms with Crippen molar-refractivity contribution in [3.63, 3.8) is 0 Å². The van der Waals surface area contributed by atoms with Crippen LogP contribution < -0.4 is 24.0 Å². The van der Waals surface area contributed by atoms with E-state index in [0.29, 0.717) is 6.42 Å². The van der Waals surface area contributed by atoms with Crippen molar-refractivity contribution in [2.24, 2.45) is 0 Å². The monoisotopic (exact) mass is 103 g/mol. The fourth-order valence-electron chi connectivity index (χ4n) is 0.174. The summed E-state index contributed by atoms with van der Waals surface area (Å²) in [5.41, 5.74) is 0. The Morgan fingerprint density at radius 3 is 2.50 bits per heavy atom. The number of rotatable bonds is 1. The zero-order chi connectivity index (χ0) is 5.70. The number of allylic oxidation sites excluding steroid dienone is 2. The van der Waals surface area contributed by atoms with Crippen molar-refractivity contribution in [1.29, 1.82) is 5.26 Å². The van der Waals surface area contributed by atoms with E-state index in [4.69, 9.17) is 5.26 Å². The first-order chi connectivity index (χ1) is 3.31. The van der Waals surface area contributed by atoms with Crippen molar-refractivity contribution in [1.82, 2.24) is 0 Å². The van der Waals surface area contributed by atoms with Crippen molar-refractivity contribution >= 4 is 0 Å². The quantitative estimate of drug-likeness (QED) is 0.204. The molecule has 0 radical (unpaired) electrons.